The quantitative estimate of drug-likeness (QED) is 0.925. The first kappa shape index (κ1) is 15.4. The average molecular weight is 300 g/mol. The van der Waals surface area contributed by atoms with Crippen LogP contribution in [0.2, 0.25) is 0 Å². The molecule has 1 aliphatic rings. The van der Waals surface area contributed by atoms with E-state index in [4.69, 9.17) is 0 Å². The van der Waals surface area contributed by atoms with Crippen LogP contribution in [0, 0.1) is 11.7 Å². The summed E-state index contributed by atoms with van der Waals surface area (Å²) >= 11 is 0. The van der Waals surface area contributed by atoms with Crippen LogP contribution >= 0.6 is 0 Å². The van der Waals surface area contributed by atoms with E-state index < -0.39 is 9.84 Å². The zero-order valence-electron chi connectivity index (χ0n) is 11.8. The summed E-state index contributed by atoms with van der Waals surface area (Å²) in [6.07, 6.45) is 7.15. The minimum absolute atomic E-state index is 0.130. The molecule has 0 aromatic carbocycles. The molecule has 0 saturated heterocycles. The highest BCUT2D eigenvalue weighted by atomic mass is 32.2. The Morgan fingerprint density at radius 1 is 1.45 bits per heavy atom. The van der Waals surface area contributed by atoms with Crippen LogP contribution in [0.1, 0.15) is 37.3 Å². The van der Waals surface area contributed by atoms with Gasteiger partial charge >= 0.3 is 0 Å². The molecule has 3 unspecified atom stereocenters. The van der Waals surface area contributed by atoms with Gasteiger partial charge in [0.15, 0.2) is 0 Å². The van der Waals surface area contributed by atoms with E-state index in [9.17, 15) is 12.8 Å². The van der Waals surface area contributed by atoms with Crippen molar-refractivity contribution in [2.24, 2.45) is 5.92 Å². The Morgan fingerprint density at radius 2 is 2.20 bits per heavy atom. The van der Waals surface area contributed by atoms with Crippen molar-refractivity contribution in [3.05, 3.63) is 29.8 Å². The Bertz CT molecular complexity index is 562. The Balaban J connectivity index is 2.22. The maximum absolute atomic E-state index is 13.9. The summed E-state index contributed by atoms with van der Waals surface area (Å²) in [7, 11) is -1.24. The van der Waals surface area contributed by atoms with Crippen molar-refractivity contribution in [3.63, 3.8) is 0 Å². The molecule has 0 radical (unpaired) electrons. The zero-order chi connectivity index (χ0) is 14.8. The van der Waals surface area contributed by atoms with Crippen LogP contribution in [0.4, 0.5) is 4.39 Å². The smallest absolute Gasteiger partial charge is 0.150 e. The molecule has 0 amide bonds. The first-order valence-corrected chi connectivity index (χ1v) is 8.84. The predicted octanol–water partition coefficient (Wildman–Crippen LogP) is 2.08. The van der Waals surface area contributed by atoms with Gasteiger partial charge in [0.25, 0.3) is 0 Å². The molecular weight excluding hydrogens is 279 g/mol. The van der Waals surface area contributed by atoms with Crippen LogP contribution in [0.5, 0.6) is 0 Å². The highest BCUT2D eigenvalue weighted by molar-refractivity contribution is 7.91. The van der Waals surface area contributed by atoms with Gasteiger partial charge in [0.2, 0.25) is 0 Å². The van der Waals surface area contributed by atoms with Crippen LogP contribution < -0.4 is 5.32 Å². The third kappa shape index (κ3) is 3.35. The highest BCUT2D eigenvalue weighted by Gasteiger charge is 2.33. The van der Waals surface area contributed by atoms with Crippen molar-refractivity contribution in [3.8, 4) is 0 Å². The fraction of sp³-hybridized carbons (Fsp3) is 0.643. The lowest BCUT2D eigenvalue weighted by Crippen LogP contribution is -2.34. The molecule has 1 aromatic rings. The minimum Gasteiger partial charge on any atom is -0.313 e. The summed E-state index contributed by atoms with van der Waals surface area (Å²) in [4.78, 5) is 3.76. The lowest BCUT2D eigenvalue weighted by Gasteiger charge is -2.34. The average Bonchev–Trinajstić information content (AvgIpc) is 2.41. The molecule has 1 aromatic heterocycles. The van der Waals surface area contributed by atoms with Gasteiger partial charge in [-0.2, -0.15) is 0 Å². The van der Waals surface area contributed by atoms with Gasteiger partial charge in [0.05, 0.1) is 11.4 Å². The number of hydrogen-bond donors (Lipinski definition) is 1. The molecule has 3 atom stereocenters. The van der Waals surface area contributed by atoms with Crippen LogP contribution in [0.25, 0.3) is 0 Å². The van der Waals surface area contributed by atoms with E-state index in [1.54, 1.807) is 19.3 Å². The van der Waals surface area contributed by atoms with E-state index in [1.165, 1.54) is 12.5 Å². The summed E-state index contributed by atoms with van der Waals surface area (Å²) in [6.45, 7) is 0. The van der Waals surface area contributed by atoms with Crippen molar-refractivity contribution in [2.45, 2.75) is 37.0 Å². The van der Waals surface area contributed by atoms with E-state index >= 15 is 0 Å². The molecule has 6 heteroatoms. The predicted molar refractivity (Wildman–Crippen MR) is 76.6 cm³/mol. The second-order valence-electron chi connectivity index (χ2n) is 5.54. The second kappa shape index (κ2) is 6.18. The van der Waals surface area contributed by atoms with Crippen molar-refractivity contribution in [2.75, 3.05) is 13.3 Å². The van der Waals surface area contributed by atoms with Crippen molar-refractivity contribution in [1.82, 2.24) is 10.3 Å². The topological polar surface area (TPSA) is 59.1 Å². The Labute approximate surface area is 119 Å². The summed E-state index contributed by atoms with van der Waals surface area (Å²) < 4.78 is 37.4. The molecule has 0 bridgehead atoms. The first-order chi connectivity index (χ1) is 9.43. The maximum Gasteiger partial charge on any atom is 0.150 e. The Morgan fingerprint density at radius 3 is 2.80 bits per heavy atom. The lowest BCUT2D eigenvalue weighted by atomic mass is 9.81. The van der Waals surface area contributed by atoms with Gasteiger partial charge < -0.3 is 5.32 Å². The van der Waals surface area contributed by atoms with Crippen molar-refractivity contribution in [1.29, 1.82) is 0 Å². The number of hydrogen-bond acceptors (Lipinski definition) is 4. The van der Waals surface area contributed by atoms with Gasteiger partial charge in [-0.05, 0) is 38.3 Å². The molecule has 112 valence electrons. The van der Waals surface area contributed by atoms with E-state index in [1.807, 2.05) is 0 Å². The molecule has 0 spiro atoms. The molecular formula is C14H21FN2O2S. The van der Waals surface area contributed by atoms with Crippen LogP contribution in [-0.4, -0.2) is 32.0 Å². The van der Waals surface area contributed by atoms with E-state index in [0.717, 1.165) is 12.8 Å². The van der Waals surface area contributed by atoms with E-state index in [2.05, 4.69) is 10.3 Å². The normalized spacial score (nSPS) is 25.4. The summed E-state index contributed by atoms with van der Waals surface area (Å²) in [5, 5.41) is 2.83. The maximum atomic E-state index is 13.9. The minimum atomic E-state index is -3.03. The number of sulfone groups is 1. The van der Waals surface area contributed by atoms with Gasteiger partial charge in [-0.1, -0.05) is 6.42 Å². The number of rotatable bonds is 4. The van der Waals surface area contributed by atoms with Crippen molar-refractivity contribution >= 4 is 9.84 Å². The van der Waals surface area contributed by atoms with Gasteiger partial charge in [-0.15, -0.1) is 0 Å². The van der Waals surface area contributed by atoms with Gasteiger partial charge in [0, 0.05) is 24.1 Å². The molecule has 2 rings (SSSR count). The largest absolute Gasteiger partial charge is 0.313 e. The van der Waals surface area contributed by atoms with Crippen LogP contribution in [0.15, 0.2) is 18.5 Å². The number of nitrogens with zero attached hydrogens (tertiary/aromatic N) is 1. The summed E-state index contributed by atoms with van der Waals surface area (Å²) in [5.74, 6) is -0.210. The second-order valence-corrected chi connectivity index (χ2v) is 7.87. The Hall–Kier alpha value is -1.01. The van der Waals surface area contributed by atoms with Crippen LogP contribution in [-0.2, 0) is 9.84 Å². The fourth-order valence-electron chi connectivity index (χ4n) is 3.16. The molecule has 1 N–H and O–H groups in total. The number of nitrogens with one attached hydrogen (secondary N) is 1. The number of aromatic nitrogens is 1. The van der Waals surface area contributed by atoms with Crippen molar-refractivity contribution < 1.29 is 12.8 Å². The number of pyridine rings is 1. The molecule has 1 fully saturated rings. The summed E-state index contributed by atoms with van der Waals surface area (Å²) in [6, 6.07) is 1.50. The summed E-state index contributed by atoms with van der Waals surface area (Å²) in [5.41, 5.74) is 0.571. The molecule has 0 aliphatic heterocycles. The highest BCUT2D eigenvalue weighted by Crippen LogP contribution is 2.37. The Kier molecular flexibility index (Phi) is 4.75. The third-order valence-electron chi connectivity index (χ3n) is 4.19. The molecule has 1 saturated carbocycles. The molecule has 1 aliphatic carbocycles. The van der Waals surface area contributed by atoms with E-state index in [0.29, 0.717) is 18.4 Å². The standard InChI is InChI=1S/C14H21FN2O2S/c1-16-14(12-6-7-17-9-13(12)15)10-4-3-5-11(8-10)20(2,18)19/h6-7,9-11,14,16H,3-5,8H2,1-2H3. The first-order valence-electron chi connectivity index (χ1n) is 6.89. The van der Waals surface area contributed by atoms with Gasteiger partial charge in [0.1, 0.15) is 15.7 Å². The lowest BCUT2D eigenvalue weighted by molar-refractivity contribution is 0.277. The van der Waals surface area contributed by atoms with Gasteiger partial charge in [-0.3, -0.25) is 4.98 Å². The van der Waals surface area contributed by atoms with Gasteiger partial charge in [-0.25, -0.2) is 12.8 Å². The number of halogens is 1. The third-order valence-corrected chi connectivity index (χ3v) is 5.83. The van der Waals surface area contributed by atoms with Crippen LogP contribution in [0.3, 0.4) is 0 Å². The van der Waals surface area contributed by atoms with E-state index in [-0.39, 0.29) is 23.0 Å². The molecule has 20 heavy (non-hydrogen) atoms. The zero-order valence-corrected chi connectivity index (χ0v) is 12.7. The monoisotopic (exact) mass is 300 g/mol. The fourth-order valence-corrected chi connectivity index (χ4v) is 4.35. The SMILES string of the molecule is CNC(c1ccncc1F)C1CCCC(S(C)(=O)=O)C1. The molecule has 4 nitrogen and oxygen atoms in total. The molecule has 1 heterocycles.